The van der Waals surface area contributed by atoms with Crippen LogP contribution in [-0.4, -0.2) is 20.7 Å². The van der Waals surface area contributed by atoms with Gasteiger partial charge in [-0.3, -0.25) is 4.79 Å². The van der Waals surface area contributed by atoms with Crippen LogP contribution in [0.1, 0.15) is 24.1 Å². The monoisotopic (exact) mass is 365 g/mol. The summed E-state index contributed by atoms with van der Waals surface area (Å²) in [6.07, 6.45) is 3.56. The minimum Gasteiger partial charge on any atom is -0.326 e. The highest BCUT2D eigenvalue weighted by Gasteiger charge is 2.24. The molecule has 1 aliphatic rings. The molecule has 4 rings (SSSR count). The normalized spacial score (nSPS) is 15.6. The van der Waals surface area contributed by atoms with Gasteiger partial charge in [-0.05, 0) is 35.4 Å². The first-order chi connectivity index (χ1) is 12.6. The van der Waals surface area contributed by atoms with E-state index in [0.717, 1.165) is 22.5 Å². The molecule has 0 saturated carbocycles. The van der Waals surface area contributed by atoms with Gasteiger partial charge in [-0.1, -0.05) is 41.9 Å². The highest BCUT2D eigenvalue weighted by molar-refractivity contribution is 6.31. The number of hydrogen-bond acceptors (Lipinski definition) is 4. The summed E-state index contributed by atoms with van der Waals surface area (Å²) in [5.74, 6) is 0.527. The van der Waals surface area contributed by atoms with Gasteiger partial charge in [-0.2, -0.15) is 10.1 Å². The number of benzene rings is 2. The van der Waals surface area contributed by atoms with Crippen LogP contribution in [0.15, 0.2) is 60.9 Å². The van der Waals surface area contributed by atoms with Gasteiger partial charge in [0.1, 0.15) is 12.4 Å². The molecule has 0 bridgehead atoms. The average Bonchev–Trinajstić information content (AvgIpc) is 3.10. The Kier molecular flexibility index (Phi) is 4.18. The summed E-state index contributed by atoms with van der Waals surface area (Å²) in [5, 5.41) is 11.1. The summed E-state index contributed by atoms with van der Waals surface area (Å²) >= 11 is 6.41. The standard InChI is InChI=1S/C19H16ClN5O/c1-12(26)23-14-6-4-5-13(9-14)17-10-18(15-7-2-3-8-16(15)20)25-19(24-17)21-11-22-25/h2-11,18H,1H3,(H,23,26)(H,21,22,24)/t18-/m0/s1. The quantitative estimate of drug-likeness (QED) is 0.737. The molecule has 1 amide bonds. The molecule has 6 nitrogen and oxygen atoms in total. The first-order valence-electron chi connectivity index (χ1n) is 8.12. The summed E-state index contributed by atoms with van der Waals surface area (Å²) in [7, 11) is 0. The fourth-order valence-corrected chi connectivity index (χ4v) is 3.25. The van der Waals surface area contributed by atoms with E-state index in [1.807, 2.05) is 48.5 Å². The molecule has 0 unspecified atom stereocenters. The van der Waals surface area contributed by atoms with Crippen LogP contribution in [0.25, 0.3) is 5.70 Å². The molecule has 0 saturated heterocycles. The van der Waals surface area contributed by atoms with Crippen molar-refractivity contribution in [2.45, 2.75) is 13.0 Å². The molecule has 1 aromatic heterocycles. The SMILES string of the molecule is CC(=O)Nc1cccc(C2=C[C@@H](c3ccccc3Cl)n3ncnc3N2)c1. The number of amides is 1. The van der Waals surface area contributed by atoms with Gasteiger partial charge in [0.15, 0.2) is 0 Å². The van der Waals surface area contributed by atoms with Crippen molar-refractivity contribution in [1.82, 2.24) is 14.8 Å². The predicted octanol–water partition coefficient (Wildman–Crippen LogP) is 3.95. The molecule has 130 valence electrons. The van der Waals surface area contributed by atoms with Crippen molar-refractivity contribution in [3.8, 4) is 0 Å². The van der Waals surface area contributed by atoms with E-state index >= 15 is 0 Å². The summed E-state index contributed by atoms with van der Waals surface area (Å²) in [5.41, 5.74) is 3.49. The van der Waals surface area contributed by atoms with E-state index in [9.17, 15) is 4.79 Å². The molecule has 2 N–H and O–H groups in total. The van der Waals surface area contributed by atoms with Gasteiger partial charge in [0.05, 0.1) is 0 Å². The Morgan fingerprint density at radius 3 is 2.88 bits per heavy atom. The van der Waals surface area contributed by atoms with E-state index in [0.29, 0.717) is 11.0 Å². The second-order valence-corrected chi connectivity index (χ2v) is 6.37. The minimum atomic E-state index is -0.179. The van der Waals surface area contributed by atoms with Crippen molar-refractivity contribution in [2.24, 2.45) is 0 Å². The molecule has 3 aromatic rings. The lowest BCUT2D eigenvalue weighted by Gasteiger charge is -2.25. The Bertz CT molecular complexity index is 1010. The lowest BCUT2D eigenvalue weighted by molar-refractivity contribution is -0.114. The number of carbonyl (C=O) groups excluding carboxylic acids is 1. The van der Waals surface area contributed by atoms with Crippen molar-refractivity contribution in [2.75, 3.05) is 10.6 Å². The first-order valence-corrected chi connectivity index (χ1v) is 8.50. The van der Waals surface area contributed by atoms with E-state index < -0.39 is 0 Å². The average molecular weight is 366 g/mol. The molecule has 7 heteroatoms. The molecule has 1 aliphatic heterocycles. The van der Waals surface area contributed by atoms with Crippen LogP contribution < -0.4 is 10.6 Å². The first kappa shape index (κ1) is 16.4. The number of nitrogens with one attached hydrogen (secondary N) is 2. The molecular formula is C19H16ClN5O. The van der Waals surface area contributed by atoms with Crippen LogP contribution in [-0.2, 0) is 4.79 Å². The van der Waals surface area contributed by atoms with Crippen molar-refractivity contribution in [3.63, 3.8) is 0 Å². The number of rotatable bonds is 3. The summed E-state index contributed by atoms with van der Waals surface area (Å²) in [6.45, 7) is 1.49. The fourth-order valence-electron chi connectivity index (χ4n) is 3.01. The van der Waals surface area contributed by atoms with E-state index in [1.54, 1.807) is 4.68 Å². The third kappa shape index (κ3) is 3.07. The highest BCUT2D eigenvalue weighted by atomic mass is 35.5. The zero-order chi connectivity index (χ0) is 18.1. The minimum absolute atomic E-state index is 0.110. The van der Waals surface area contributed by atoms with E-state index in [1.165, 1.54) is 13.3 Å². The third-order valence-electron chi connectivity index (χ3n) is 4.13. The third-order valence-corrected chi connectivity index (χ3v) is 4.47. The Labute approximate surface area is 155 Å². The summed E-state index contributed by atoms with van der Waals surface area (Å²) in [4.78, 5) is 15.6. The molecule has 2 heterocycles. The van der Waals surface area contributed by atoms with Gasteiger partial charge < -0.3 is 10.6 Å². The zero-order valence-electron chi connectivity index (χ0n) is 14.0. The summed E-state index contributed by atoms with van der Waals surface area (Å²) < 4.78 is 1.79. The van der Waals surface area contributed by atoms with Gasteiger partial charge in [-0.25, -0.2) is 4.68 Å². The molecule has 0 spiro atoms. The van der Waals surface area contributed by atoms with Crippen molar-refractivity contribution in [1.29, 1.82) is 0 Å². The Hall–Kier alpha value is -3.12. The number of nitrogens with zero attached hydrogens (tertiary/aromatic N) is 3. The van der Waals surface area contributed by atoms with Crippen LogP contribution in [0.5, 0.6) is 0 Å². The lowest BCUT2D eigenvalue weighted by Crippen LogP contribution is -2.20. The lowest BCUT2D eigenvalue weighted by atomic mass is 10.0. The van der Waals surface area contributed by atoms with Crippen LogP contribution in [0.3, 0.4) is 0 Å². The smallest absolute Gasteiger partial charge is 0.226 e. The number of carbonyl (C=O) groups is 1. The van der Waals surface area contributed by atoms with Gasteiger partial charge in [0.25, 0.3) is 0 Å². The van der Waals surface area contributed by atoms with E-state index in [2.05, 4.69) is 26.8 Å². The van der Waals surface area contributed by atoms with Gasteiger partial charge in [0.2, 0.25) is 11.9 Å². The number of halogens is 1. The van der Waals surface area contributed by atoms with E-state index in [-0.39, 0.29) is 11.9 Å². The molecule has 26 heavy (non-hydrogen) atoms. The van der Waals surface area contributed by atoms with Crippen molar-refractivity contribution in [3.05, 3.63) is 77.1 Å². The van der Waals surface area contributed by atoms with Crippen LogP contribution in [0.4, 0.5) is 11.6 Å². The number of hydrogen-bond donors (Lipinski definition) is 2. The maximum atomic E-state index is 11.3. The Morgan fingerprint density at radius 2 is 2.08 bits per heavy atom. The highest BCUT2D eigenvalue weighted by Crippen LogP contribution is 2.35. The Balaban J connectivity index is 1.78. The molecular weight excluding hydrogens is 350 g/mol. The zero-order valence-corrected chi connectivity index (χ0v) is 14.7. The number of aromatic nitrogens is 3. The second kappa shape index (κ2) is 6.65. The largest absolute Gasteiger partial charge is 0.326 e. The molecule has 1 atom stereocenters. The van der Waals surface area contributed by atoms with Crippen LogP contribution >= 0.6 is 11.6 Å². The number of allylic oxidation sites excluding steroid dienone is 1. The molecule has 0 fully saturated rings. The molecule has 0 aliphatic carbocycles. The van der Waals surface area contributed by atoms with Crippen LogP contribution in [0.2, 0.25) is 5.02 Å². The Morgan fingerprint density at radius 1 is 1.23 bits per heavy atom. The predicted molar refractivity (Wildman–Crippen MR) is 102 cm³/mol. The van der Waals surface area contributed by atoms with Crippen molar-refractivity contribution < 1.29 is 4.79 Å². The number of fused-ring (bicyclic) bond motifs is 1. The second-order valence-electron chi connectivity index (χ2n) is 5.96. The van der Waals surface area contributed by atoms with Crippen LogP contribution in [0, 0.1) is 0 Å². The van der Waals surface area contributed by atoms with Gasteiger partial charge >= 0.3 is 0 Å². The summed E-state index contributed by atoms with van der Waals surface area (Å²) in [6, 6.07) is 15.1. The maximum Gasteiger partial charge on any atom is 0.226 e. The fraction of sp³-hybridized carbons (Fsp3) is 0.105. The topological polar surface area (TPSA) is 71.8 Å². The van der Waals surface area contributed by atoms with Crippen molar-refractivity contribution >= 4 is 34.8 Å². The van der Waals surface area contributed by atoms with E-state index in [4.69, 9.17) is 11.6 Å². The molecule has 2 aromatic carbocycles. The van der Waals surface area contributed by atoms with Gasteiger partial charge in [-0.15, -0.1) is 0 Å². The number of anilines is 2. The van der Waals surface area contributed by atoms with Gasteiger partial charge in [0, 0.05) is 23.3 Å². The molecule has 0 radical (unpaired) electrons. The maximum absolute atomic E-state index is 11.3.